The highest BCUT2D eigenvalue weighted by Gasteiger charge is 2.19. The highest BCUT2D eigenvalue weighted by atomic mass is 32.2. The maximum absolute atomic E-state index is 12.7. The zero-order chi connectivity index (χ0) is 17.2. The highest BCUT2D eigenvalue weighted by Crippen LogP contribution is 2.32. The molecule has 0 amide bonds. The summed E-state index contributed by atoms with van der Waals surface area (Å²) in [6, 6.07) is 13.9. The molecular formula is C16H11F2N5S2. The summed E-state index contributed by atoms with van der Waals surface area (Å²) in [7, 11) is 0. The molecule has 0 radical (unpaired) electrons. The molecule has 0 unspecified atom stereocenters. The van der Waals surface area contributed by atoms with Gasteiger partial charge in [0.2, 0.25) is 0 Å². The van der Waals surface area contributed by atoms with Crippen molar-refractivity contribution in [1.82, 2.24) is 25.4 Å². The van der Waals surface area contributed by atoms with Gasteiger partial charge in [0, 0.05) is 5.75 Å². The fourth-order valence-corrected chi connectivity index (χ4v) is 3.78. The lowest BCUT2D eigenvalue weighted by atomic mass is 10.2. The minimum atomic E-state index is -2.64. The molecule has 0 atom stereocenters. The van der Waals surface area contributed by atoms with Crippen LogP contribution in [0.15, 0.2) is 47.5 Å². The second-order valence-corrected chi connectivity index (χ2v) is 7.14. The molecule has 0 saturated carbocycles. The van der Waals surface area contributed by atoms with E-state index in [4.69, 9.17) is 0 Å². The van der Waals surface area contributed by atoms with Crippen LogP contribution in [0.5, 0.6) is 0 Å². The average Bonchev–Trinajstić information content (AvgIpc) is 3.27. The van der Waals surface area contributed by atoms with Gasteiger partial charge in [-0.15, -0.1) is 22.0 Å². The first-order chi connectivity index (χ1) is 12.2. The Labute approximate surface area is 149 Å². The number of H-pyrrole nitrogens is 1. The standard InChI is InChI=1S/C16H11F2N5S2/c17-14(18)16-23-22-15(25-16)13-12-10(20-21-13)6-7-11(19-12)24-8-9-4-2-1-3-5-9/h1-7,14H,8H2,(H,20,21). The Morgan fingerprint density at radius 3 is 2.68 bits per heavy atom. The van der Waals surface area contributed by atoms with Gasteiger partial charge in [0.15, 0.2) is 10.0 Å². The van der Waals surface area contributed by atoms with Gasteiger partial charge in [-0.1, -0.05) is 41.7 Å². The smallest absolute Gasteiger partial charge is 0.275 e. The van der Waals surface area contributed by atoms with Gasteiger partial charge in [-0.25, -0.2) is 13.8 Å². The molecule has 0 spiro atoms. The van der Waals surface area contributed by atoms with Gasteiger partial charge in [0.1, 0.15) is 11.2 Å². The summed E-state index contributed by atoms with van der Waals surface area (Å²) in [4.78, 5) is 4.60. The normalized spacial score (nSPS) is 11.5. The Hall–Kier alpha value is -2.39. The minimum Gasteiger partial charge on any atom is -0.275 e. The van der Waals surface area contributed by atoms with Crippen LogP contribution in [0.2, 0.25) is 0 Å². The SMILES string of the molecule is FC(F)c1nnc(-c2n[nH]c3ccc(SCc4ccccc4)nc23)s1. The Morgan fingerprint density at radius 1 is 1.08 bits per heavy atom. The minimum absolute atomic E-state index is 0.319. The third kappa shape index (κ3) is 3.38. The molecule has 4 aromatic rings. The molecule has 5 nitrogen and oxygen atoms in total. The molecule has 0 fully saturated rings. The fourth-order valence-electron chi connectivity index (χ4n) is 2.26. The van der Waals surface area contributed by atoms with Crippen molar-refractivity contribution in [2.24, 2.45) is 0 Å². The second kappa shape index (κ2) is 6.85. The molecule has 0 aliphatic rings. The topological polar surface area (TPSA) is 67.3 Å². The monoisotopic (exact) mass is 375 g/mol. The number of nitrogens with one attached hydrogen (secondary N) is 1. The van der Waals surface area contributed by atoms with Crippen LogP contribution >= 0.6 is 23.1 Å². The molecule has 4 rings (SSSR count). The quantitative estimate of drug-likeness (QED) is 0.512. The lowest BCUT2D eigenvalue weighted by molar-refractivity contribution is 0.150. The second-order valence-electron chi connectivity index (χ2n) is 5.14. The van der Waals surface area contributed by atoms with Crippen LogP contribution in [0.4, 0.5) is 8.78 Å². The van der Waals surface area contributed by atoms with Crippen LogP contribution in [0, 0.1) is 0 Å². The summed E-state index contributed by atoms with van der Waals surface area (Å²) in [5.41, 5.74) is 2.98. The fraction of sp³-hybridized carbons (Fsp3) is 0.125. The van der Waals surface area contributed by atoms with Crippen molar-refractivity contribution < 1.29 is 8.78 Å². The van der Waals surface area contributed by atoms with Crippen molar-refractivity contribution in [3.05, 3.63) is 53.0 Å². The molecule has 0 bridgehead atoms. The maximum Gasteiger partial charge on any atom is 0.291 e. The van der Waals surface area contributed by atoms with Crippen LogP contribution in [0.1, 0.15) is 17.0 Å². The first-order valence-electron chi connectivity index (χ1n) is 7.34. The number of thioether (sulfide) groups is 1. The van der Waals surface area contributed by atoms with Gasteiger partial charge in [-0.2, -0.15) is 5.10 Å². The van der Waals surface area contributed by atoms with E-state index < -0.39 is 6.43 Å². The van der Waals surface area contributed by atoms with E-state index in [2.05, 4.69) is 37.5 Å². The number of nitrogens with zero attached hydrogens (tertiary/aromatic N) is 4. The number of aromatic amines is 1. The Kier molecular flexibility index (Phi) is 4.41. The van der Waals surface area contributed by atoms with Crippen molar-refractivity contribution in [2.45, 2.75) is 17.2 Å². The molecule has 1 N–H and O–H groups in total. The average molecular weight is 375 g/mol. The summed E-state index contributed by atoms with van der Waals surface area (Å²) in [6.07, 6.45) is -2.64. The number of fused-ring (bicyclic) bond motifs is 1. The highest BCUT2D eigenvalue weighted by molar-refractivity contribution is 7.98. The Bertz CT molecular complexity index is 1000. The van der Waals surface area contributed by atoms with E-state index in [-0.39, 0.29) is 5.01 Å². The predicted octanol–water partition coefficient (Wildman–Crippen LogP) is 4.71. The third-order valence-corrected chi connectivity index (χ3v) is 5.38. The van der Waals surface area contributed by atoms with E-state index in [9.17, 15) is 8.78 Å². The van der Waals surface area contributed by atoms with E-state index in [1.165, 1.54) is 5.56 Å². The van der Waals surface area contributed by atoms with Crippen LogP contribution in [-0.2, 0) is 5.75 Å². The molecule has 0 saturated heterocycles. The van der Waals surface area contributed by atoms with Gasteiger partial charge in [0.25, 0.3) is 6.43 Å². The molecule has 1 aromatic carbocycles. The molecule has 9 heteroatoms. The lowest BCUT2D eigenvalue weighted by Crippen LogP contribution is -1.85. The Balaban J connectivity index is 1.63. The summed E-state index contributed by atoms with van der Waals surface area (Å²) in [5, 5.41) is 15.2. The Morgan fingerprint density at radius 2 is 1.92 bits per heavy atom. The molecular weight excluding hydrogens is 364 g/mol. The van der Waals surface area contributed by atoms with E-state index in [0.717, 1.165) is 27.6 Å². The number of rotatable bonds is 5. The zero-order valence-electron chi connectivity index (χ0n) is 12.7. The lowest BCUT2D eigenvalue weighted by Gasteiger charge is -2.01. The van der Waals surface area contributed by atoms with E-state index >= 15 is 0 Å². The molecule has 3 aromatic heterocycles. The van der Waals surface area contributed by atoms with Gasteiger partial charge in [0.05, 0.1) is 10.5 Å². The van der Waals surface area contributed by atoms with Crippen LogP contribution in [-0.4, -0.2) is 25.4 Å². The summed E-state index contributed by atoms with van der Waals surface area (Å²) in [6.45, 7) is 0. The maximum atomic E-state index is 12.7. The number of pyridine rings is 1. The van der Waals surface area contributed by atoms with Gasteiger partial charge in [-0.05, 0) is 17.7 Å². The zero-order valence-corrected chi connectivity index (χ0v) is 14.3. The molecule has 25 heavy (non-hydrogen) atoms. The number of benzene rings is 1. The number of alkyl halides is 2. The van der Waals surface area contributed by atoms with Gasteiger partial charge in [-0.3, -0.25) is 5.10 Å². The summed E-state index contributed by atoms with van der Waals surface area (Å²) >= 11 is 2.43. The van der Waals surface area contributed by atoms with E-state index in [1.807, 2.05) is 30.3 Å². The molecule has 0 aliphatic heterocycles. The predicted molar refractivity (Wildman–Crippen MR) is 93.8 cm³/mol. The van der Waals surface area contributed by atoms with Crippen molar-refractivity contribution in [3.8, 4) is 10.7 Å². The largest absolute Gasteiger partial charge is 0.291 e. The molecule has 3 heterocycles. The third-order valence-electron chi connectivity index (χ3n) is 3.44. The summed E-state index contributed by atoms with van der Waals surface area (Å²) in [5.74, 6) is 0.793. The van der Waals surface area contributed by atoms with Crippen LogP contribution in [0.3, 0.4) is 0 Å². The molecule has 0 aliphatic carbocycles. The first-order valence-corrected chi connectivity index (χ1v) is 9.14. The van der Waals surface area contributed by atoms with Crippen molar-refractivity contribution in [3.63, 3.8) is 0 Å². The number of halogens is 2. The number of hydrogen-bond acceptors (Lipinski definition) is 6. The van der Waals surface area contributed by atoms with Crippen LogP contribution < -0.4 is 0 Å². The van der Waals surface area contributed by atoms with Gasteiger partial charge < -0.3 is 0 Å². The van der Waals surface area contributed by atoms with Crippen molar-refractivity contribution in [1.29, 1.82) is 0 Å². The number of aromatic nitrogens is 5. The van der Waals surface area contributed by atoms with Crippen molar-refractivity contribution in [2.75, 3.05) is 0 Å². The van der Waals surface area contributed by atoms with Gasteiger partial charge >= 0.3 is 0 Å². The number of hydrogen-bond donors (Lipinski definition) is 1. The van der Waals surface area contributed by atoms with E-state index in [1.54, 1.807) is 11.8 Å². The first kappa shape index (κ1) is 16.1. The molecule has 126 valence electrons. The summed E-state index contributed by atoms with van der Waals surface area (Å²) < 4.78 is 25.4. The van der Waals surface area contributed by atoms with Crippen molar-refractivity contribution >= 4 is 34.1 Å². The van der Waals surface area contributed by atoms with Crippen LogP contribution in [0.25, 0.3) is 21.7 Å². The van der Waals surface area contributed by atoms with E-state index in [0.29, 0.717) is 16.2 Å².